The Labute approximate surface area is 160 Å². The van der Waals surface area contributed by atoms with E-state index in [0.29, 0.717) is 10.8 Å². The summed E-state index contributed by atoms with van der Waals surface area (Å²) in [6, 6.07) is 0. The van der Waals surface area contributed by atoms with Crippen LogP contribution in [0.4, 0.5) is 0 Å². The molecule has 5 unspecified atom stereocenters. The number of hydrogen-bond donors (Lipinski definition) is 0. The molecule has 6 rings (SSSR count). The van der Waals surface area contributed by atoms with E-state index in [1.54, 1.807) is 6.42 Å². The smallest absolute Gasteiger partial charge is 0.00727 e. The molecule has 6 bridgehead atoms. The van der Waals surface area contributed by atoms with E-state index in [0.717, 1.165) is 35.5 Å². The van der Waals surface area contributed by atoms with E-state index in [4.69, 9.17) is 0 Å². The van der Waals surface area contributed by atoms with Gasteiger partial charge in [0.15, 0.2) is 0 Å². The van der Waals surface area contributed by atoms with Crippen LogP contribution >= 0.6 is 0 Å². The van der Waals surface area contributed by atoms with Crippen molar-refractivity contribution in [2.24, 2.45) is 46.3 Å². The van der Waals surface area contributed by atoms with Crippen molar-refractivity contribution in [1.82, 2.24) is 0 Å². The van der Waals surface area contributed by atoms with Crippen molar-refractivity contribution in [3.05, 3.63) is 22.8 Å². The van der Waals surface area contributed by atoms with Gasteiger partial charge < -0.3 is 0 Å². The lowest BCUT2D eigenvalue weighted by Gasteiger charge is -2.42. The summed E-state index contributed by atoms with van der Waals surface area (Å²) in [6.07, 6.45) is 19.4. The maximum atomic E-state index is 2.84. The van der Waals surface area contributed by atoms with Gasteiger partial charge in [0.05, 0.1) is 0 Å². The van der Waals surface area contributed by atoms with Gasteiger partial charge in [-0.2, -0.15) is 0 Å². The molecule has 26 heavy (non-hydrogen) atoms. The van der Waals surface area contributed by atoms with Crippen molar-refractivity contribution >= 4 is 0 Å². The number of fused-ring (bicyclic) bond motifs is 6. The maximum Gasteiger partial charge on any atom is 0.00727 e. The average molecular weight is 351 g/mol. The molecule has 6 aliphatic carbocycles. The van der Waals surface area contributed by atoms with Crippen molar-refractivity contribution < 1.29 is 0 Å². The van der Waals surface area contributed by atoms with Crippen molar-refractivity contribution in [2.75, 3.05) is 0 Å². The summed E-state index contributed by atoms with van der Waals surface area (Å²) < 4.78 is 0. The van der Waals surface area contributed by atoms with Crippen LogP contribution in [0.3, 0.4) is 0 Å². The molecule has 0 radical (unpaired) electrons. The predicted molar refractivity (Wildman–Crippen MR) is 109 cm³/mol. The van der Waals surface area contributed by atoms with Crippen LogP contribution in [0.2, 0.25) is 0 Å². The molecular weight excluding hydrogens is 312 g/mol. The zero-order valence-corrected chi connectivity index (χ0v) is 17.3. The Hall–Kier alpha value is -0.520. The largest absolute Gasteiger partial charge is 0.0776 e. The topological polar surface area (TPSA) is 0 Å². The molecule has 0 aliphatic heterocycles. The summed E-state index contributed by atoms with van der Waals surface area (Å²) >= 11 is 0. The highest BCUT2D eigenvalue weighted by atomic mass is 14.7. The monoisotopic (exact) mass is 350 g/mol. The van der Waals surface area contributed by atoms with Gasteiger partial charge in [0.1, 0.15) is 0 Å². The van der Waals surface area contributed by atoms with Gasteiger partial charge in [0.25, 0.3) is 0 Å². The SMILES string of the molecule is CC12C=C(C3CC4CCC3C4)C(C(=C3C4CCCC3CCC4)C1)C2(C)C. The fourth-order valence-corrected chi connectivity index (χ4v) is 9.03. The van der Waals surface area contributed by atoms with E-state index >= 15 is 0 Å². The third kappa shape index (κ3) is 1.98. The minimum Gasteiger partial charge on any atom is -0.0776 e. The summed E-state index contributed by atoms with van der Waals surface area (Å²) in [7, 11) is 0. The van der Waals surface area contributed by atoms with Gasteiger partial charge in [-0.3, -0.25) is 0 Å². The lowest BCUT2D eigenvalue weighted by molar-refractivity contribution is 0.176. The molecule has 0 amide bonds. The van der Waals surface area contributed by atoms with Crippen molar-refractivity contribution in [2.45, 2.75) is 91.4 Å². The molecule has 142 valence electrons. The van der Waals surface area contributed by atoms with Crippen molar-refractivity contribution in [3.63, 3.8) is 0 Å². The zero-order chi connectivity index (χ0) is 17.7. The lowest BCUT2D eigenvalue weighted by Crippen LogP contribution is -2.30. The highest BCUT2D eigenvalue weighted by Crippen LogP contribution is 2.71. The minimum atomic E-state index is 0.433. The van der Waals surface area contributed by atoms with E-state index < -0.39 is 0 Å². The molecule has 5 atom stereocenters. The average Bonchev–Trinajstić information content (AvgIpc) is 3.31. The van der Waals surface area contributed by atoms with Crippen LogP contribution in [-0.4, -0.2) is 0 Å². The van der Waals surface area contributed by atoms with E-state index in [9.17, 15) is 0 Å². The quantitative estimate of drug-likeness (QED) is 0.435. The van der Waals surface area contributed by atoms with Gasteiger partial charge in [-0.15, -0.1) is 0 Å². The number of hydrogen-bond acceptors (Lipinski definition) is 0. The molecule has 0 spiro atoms. The van der Waals surface area contributed by atoms with E-state index in [2.05, 4.69) is 26.8 Å². The highest BCUT2D eigenvalue weighted by molar-refractivity contribution is 5.47. The van der Waals surface area contributed by atoms with Crippen molar-refractivity contribution in [3.8, 4) is 0 Å². The standard InChI is InChI=1S/C26H38/c1-25(2)24-21(20-13-16-10-11-19(20)12-16)14-26(25,3)15-22(24)23-17-6-4-7-18(23)9-5-8-17/h14,16-20,24H,4-13,15H2,1-3H3. The fourth-order valence-electron chi connectivity index (χ4n) is 9.03. The Bertz CT molecular complexity index is 667. The molecule has 0 aromatic heterocycles. The minimum absolute atomic E-state index is 0.433. The van der Waals surface area contributed by atoms with Crippen LogP contribution < -0.4 is 0 Å². The first-order valence-electron chi connectivity index (χ1n) is 11.9. The summed E-state index contributed by atoms with van der Waals surface area (Å²) in [5, 5.41) is 0. The van der Waals surface area contributed by atoms with Crippen LogP contribution in [0.5, 0.6) is 0 Å². The second-order valence-corrected chi connectivity index (χ2v) is 11.9. The van der Waals surface area contributed by atoms with E-state index in [1.165, 1.54) is 64.2 Å². The molecule has 6 aliphatic rings. The third-order valence-electron chi connectivity index (χ3n) is 10.5. The van der Waals surface area contributed by atoms with Gasteiger partial charge in [-0.25, -0.2) is 0 Å². The Morgan fingerprint density at radius 1 is 0.846 bits per heavy atom. The van der Waals surface area contributed by atoms with Crippen molar-refractivity contribution in [1.29, 1.82) is 0 Å². The Balaban J connectivity index is 1.45. The molecule has 0 aromatic carbocycles. The van der Waals surface area contributed by atoms with Crippen LogP contribution in [0.1, 0.15) is 91.4 Å². The van der Waals surface area contributed by atoms with E-state index in [-0.39, 0.29) is 0 Å². The van der Waals surface area contributed by atoms with Crippen LogP contribution in [0, 0.1) is 46.3 Å². The third-order valence-corrected chi connectivity index (χ3v) is 10.5. The molecule has 0 nitrogen and oxygen atoms in total. The van der Waals surface area contributed by atoms with Gasteiger partial charge in [0.2, 0.25) is 0 Å². The lowest BCUT2D eigenvalue weighted by atomic mass is 9.63. The Morgan fingerprint density at radius 2 is 1.54 bits per heavy atom. The first-order valence-corrected chi connectivity index (χ1v) is 11.9. The second-order valence-electron chi connectivity index (χ2n) is 11.9. The van der Waals surface area contributed by atoms with Gasteiger partial charge in [-0.05, 0) is 91.8 Å². The number of allylic oxidation sites excluding steroid dienone is 4. The molecule has 0 heterocycles. The fraction of sp³-hybridized carbons (Fsp3) is 0.846. The molecule has 0 heteroatoms. The predicted octanol–water partition coefficient (Wildman–Crippen LogP) is 7.31. The second kappa shape index (κ2) is 5.30. The van der Waals surface area contributed by atoms with Crippen LogP contribution in [0.15, 0.2) is 22.8 Å². The highest BCUT2D eigenvalue weighted by Gasteiger charge is 2.62. The summed E-state index contributed by atoms with van der Waals surface area (Å²) in [6.45, 7) is 7.87. The molecule has 0 N–H and O–H groups in total. The zero-order valence-electron chi connectivity index (χ0n) is 17.3. The van der Waals surface area contributed by atoms with E-state index in [1.807, 2.05) is 16.7 Å². The molecule has 0 saturated heterocycles. The maximum absolute atomic E-state index is 2.84. The normalized spacial score (nSPS) is 51.3. The van der Waals surface area contributed by atoms with Gasteiger partial charge >= 0.3 is 0 Å². The first kappa shape index (κ1) is 16.4. The summed E-state index contributed by atoms with van der Waals surface area (Å²) in [5.74, 6) is 5.83. The number of rotatable bonds is 1. The first-order chi connectivity index (χ1) is 12.5. The van der Waals surface area contributed by atoms with Gasteiger partial charge in [0, 0.05) is 5.92 Å². The molecule has 0 aromatic rings. The van der Waals surface area contributed by atoms with Gasteiger partial charge in [-0.1, -0.05) is 62.8 Å². The summed E-state index contributed by atoms with van der Waals surface area (Å²) in [5.41, 5.74) is 6.86. The van der Waals surface area contributed by atoms with Crippen LogP contribution in [-0.2, 0) is 0 Å². The molecule has 5 fully saturated rings. The Morgan fingerprint density at radius 3 is 2.08 bits per heavy atom. The molecule has 5 saturated carbocycles. The Kier molecular flexibility index (Phi) is 3.35. The molecular formula is C26H38. The summed E-state index contributed by atoms with van der Waals surface area (Å²) in [4.78, 5) is 0. The van der Waals surface area contributed by atoms with Crippen LogP contribution in [0.25, 0.3) is 0 Å².